The number of phenols is 1. The molecule has 3 aromatic carbocycles. The Morgan fingerprint density at radius 3 is 2.53 bits per heavy atom. The summed E-state index contributed by atoms with van der Waals surface area (Å²) in [5, 5.41) is 35.9. The van der Waals surface area contributed by atoms with E-state index in [1.807, 2.05) is 6.07 Å². The van der Waals surface area contributed by atoms with Crippen LogP contribution >= 0.6 is 23.4 Å². The third-order valence-electron chi connectivity index (χ3n) is 7.15. The minimum atomic E-state index is -0.654. The Morgan fingerprint density at radius 1 is 1.08 bits per heavy atom. The third kappa shape index (κ3) is 4.41. The van der Waals surface area contributed by atoms with E-state index in [0.29, 0.717) is 28.1 Å². The second-order valence-corrected chi connectivity index (χ2v) is 10.9. The fraction of sp³-hybridized carbons (Fsp3) is 0.269. The van der Waals surface area contributed by atoms with E-state index in [1.54, 1.807) is 36.4 Å². The Hall–Kier alpha value is -3.83. The molecule has 3 aromatic rings. The molecule has 0 radical (unpaired) electrons. The maximum absolute atomic E-state index is 12.6. The highest BCUT2D eigenvalue weighted by atomic mass is 35.5. The fourth-order valence-corrected chi connectivity index (χ4v) is 7.45. The number of para-hydroxylation sites is 2. The number of carbonyl (C=O) groups is 1. The molecule has 0 bridgehead atoms. The molecule has 1 aliphatic heterocycles. The number of carbonyl (C=O) groups excluding carboxylic acids is 1. The summed E-state index contributed by atoms with van der Waals surface area (Å²) in [6.07, 6.45) is 0.545. The number of fused-ring (bicyclic) bond motifs is 3. The van der Waals surface area contributed by atoms with Gasteiger partial charge in [-0.2, -0.15) is 0 Å². The van der Waals surface area contributed by atoms with Crippen LogP contribution in [0.4, 0.5) is 17.1 Å². The molecule has 12 heteroatoms. The number of nitrogens with zero attached hydrogens (tertiary/aromatic N) is 2. The van der Waals surface area contributed by atoms with Crippen LogP contribution in [0.3, 0.4) is 0 Å². The molecule has 0 spiro atoms. The lowest BCUT2D eigenvalue weighted by atomic mass is 9.76. The van der Waals surface area contributed by atoms with Crippen molar-refractivity contribution in [2.24, 2.45) is 5.92 Å². The minimum Gasteiger partial charge on any atom is -0.502 e. The number of esters is 1. The van der Waals surface area contributed by atoms with Gasteiger partial charge in [0.2, 0.25) is 0 Å². The van der Waals surface area contributed by atoms with Crippen LogP contribution in [0.25, 0.3) is 0 Å². The van der Waals surface area contributed by atoms with Gasteiger partial charge in [-0.1, -0.05) is 30.3 Å². The van der Waals surface area contributed by atoms with Crippen molar-refractivity contribution in [1.82, 2.24) is 0 Å². The van der Waals surface area contributed by atoms with Crippen LogP contribution in [0.5, 0.6) is 5.75 Å². The molecule has 2 aliphatic rings. The zero-order valence-corrected chi connectivity index (χ0v) is 21.5. The van der Waals surface area contributed by atoms with E-state index in [4.69, 9.17) is 16.3 Å². The smallest absolute Gasteiger partial charge is 0.339 e. The Labute approximate surface area is 226 Å². The molecule has 1 fully saturated rings. The maximum Gasteiger partial charge on any atom is 0.339 e. The summed E-state index contributed by atoms with van der Waals surface area (Å²) in [6.45, 7) is 0. The van der Waals surface area contributed by atoms with Crippen LogP contribution in [0.1, 0.15) is 39.9 Å². The predicted octanol–water partition coefficient (Wildman–Crippen LogP) is 6.03. The summed E-state index contributed by atoms with van der Waals surface area (Å²) in [6, 6.07) is 15.5. The number of rotatable bonds is 6. The average Bonchev–Trinajstić information content (AvgIpc) is 3.23. The summed E-state index contributed by atoms with van der Waals surface area (Å²) in [5.41, 5.74) is 1.76. The Balaban J connectivity index is 1.61. The molecule has 0 aromatic heterocycles. The Bertz CT molecular complexity index is 1450. The van der Waals surface area contributed by atoms with Gasteiger partial charge < -0.3 is 15.2 Å². The zero-order valence-electron chi connectivity index (χ0n) is 19.9. The zero-order chi connectivity index (χ0) is 27.1. The number of nitrogens with one attached hydrogen (secondary N) is 1. The van der Waals surface area contributed by atoms with Crippen LogP contribution < -0.4 is 5.32 Å². The van der Waals surface area contributed by atoms with E-state index < -0.39 is 38.7 Å². The number of alkyl halides is 1. The first-order valence-electron chi connectivity index (χ1n) is 11.7. The summed E-state index contributed by atoms with van der Waals surface area (Å²) in [4.78, 5) is 35.2. The molecule has 2 N–H and O–H groups in total. The molecule has 38 heavy (non-hydrogen) atoms. The van der Waals surface area contributed by atoms with Crippen LogP contribution in [0.15, 0.2) is 65.6 Å². The summed E-state index contributed by atoms with van der Waals surface area (Å²) in [7, 11) is 1.29. The second kappa shape index (κ2) is 10.1. The number of anilines is 1. The highest BCUT2D eigenvalue weighted by molar-refractivity contribution is 8.00. The van der Waals surface area contributed by atoms with Gasteiger partial charge in [0.15, 0.2) is 5.75 Å². The molecule has 0 amide bonds. The predicted molar refractivity (Wildman–Crippen MR) is 142 cm³/mol. The molecule has 196 valence electrons. The van der Waals surface area contributed by atoms with Gasteiger partial charge >= 0.3 is 11.7 Å². The number of nitro benzene ring substituents is 2. The van der Waals surface area contributed by atoms with E-state index in [9.17, 15) is 30.1 Å². The molecule has 1 aliphatic carbocycles. The lowest BCUT2D eigenvalue weighted by Crippen LogP contribution is -2.32. The number of aromatic hydroxyl groups is 1. The van der Waals surface area contributed by atoms with Gasteiger partial charge in [-0.25, -0.2) is 4.79 Å². The topological polar surface area (TPSA) is 145 Å². The average molecular weight is 556 g/mol. The molecule has 5 atom stereocenters. The first kappa shape index (κ1) is 25.8. The van der Waals surface area contributed by atoms with Crippen LogP contribution in [0.2, 0.25) is 0 Å². The number of phenolic OH excluding ortho intramolecular Hbond substituents is 1. The van der Waals surface area contributed by atoms with Crippen LogP contribution in [-0.2, 0) is 4.74 Å². The lowest BCUT2D eigenvalue weighted by molar-refractivity contribution is -0.387. The Morgan fingerprint density at radius 2 is 1.82 bits per heavy atom. The molecule has 0 saturated heterocycles. The number of hydrogen-bond donors (Lipinski definition) is 2. The number of thioether (sulfide) groups is 1. The molecular formula is C26H22ClN3O7S. The van der Waals surface area contributed by atoms with Crippen molar-refractivity contribution in [2.75, 3.05) is 12.4 Å². The first-order valence-corrected chi connectivity index (χ1v) is 13.0. The van der Waals surface area contributed by atoms with Gasteiger partial charge in [0.25, 0.3) is 5.69 Å². The number of ether oxygens (including phenoxy) is 1. The van der Waals surface area contributed by atoms with Gasteiger partial charge in [-0.3, -0.25) is 20.2 Å². The van der Waals surface area contributed by atoms with Crippen molar-refractivity contribution in [2.45, 2.75) is 33.9 Å². The summed E-state index contributed by atoms with van der Waals surface area (Å²) < 4.78 is 4.98. The highest BCUT2D eigenvalue weighted by Gasteiger charge is 2.51. The number of benzene rings is 3. The van der Waals surface area contributed by atoms with Crippen molar-refractivity contribution >= 4 is 46.4 Å². The standard InChI is InChI=1S/C26H22ClN3O7S/c1-37-26(32)15-6-4-5-14-22-16(12-21(23(22)27)38-20-8-3-2-7-17(20)29(33)34)24(28-25(14)15)13-9-10-19(31)18(11-13)30(35)36/h2-11,16,21-24,28,31H,12H2,1H3. The normalized spacial score (nSPS) is 23.6. The summed E-state index contributed by atoms with van der Waals surface area (Å²) >= 11 is 8.44. The van der Waals surface area contributed by atoms with Gasteiger partial charge in [0.05, 0.1) is 44.5 Å². The SMILES string of the molecule is COC(=O)c1cccc2c1NC(c1ccc(O)c([N+](=O)[O-])c1)C1CC(Sc3ccccc3[N+](=O)[O-])C(Cl)C21. The number of nitro groups is 2. The van der Waals surface area contributed by atoms with Gasteiger partial charge in [-0.05, 0) is 41.7 Å². The molecule has 5 unspecified atom stereocenters. The lowest BCUT2D eigenvalue weighted by Gasteiger charge is -2.39. The van der Waals surface area contributed by atoms with Crippen LogP contribution in [0, 0.1) is 26.1 Å². The summed E-state index contributed by atoms with van der Waals surface area (Å²) in [5.74, 6) is -1.43. The fourth-order valence-electron chi connectivity index (χ4n) is 5.50. The number of hydrogen-bond acceptors (Lipinski definition) is 9. The number of methoxy groups -OCH3 is 1. The van der Waals surface area contributed by atoms with Gasteiger partial charge in [0, 0.05) is 23.3 Å². The highest BCUT2D eigenvalue weighted by Crippen LogP contribution is 2.58. The van der Waals surface area contributed by atoms with Crippen molar-refractivity contribution < 1.29 is 24.5 Å². The van der Waals surface area contributed by atoms with Crippen molar-refractivity contribution in [3.8, 4) is 5.75 Å². The third-order valence-corrected chi connectivity index (χ3v) is 9.26. The maximum atomic E-state index is 12.6. The van der Waals surface area contributed by atoms with E-state index in [-0.39, 0.29) is 22.8 Å². The van der Waals surface area contributed by atoms with E-state index in [2.05, 4.69) is 5.32 Å². The van der Waals surface area contributed by atoms with E-state index >= 15 is 0 Å². The molecule has 5 rings (SSSR count). The largest absolute Gasteiger partial charge is 0.502 e. The first-order chi connectivity index (χ1) is 18.2. The van der Waals surface area contributed by atoms with Crippen molar-refractivity contribution in [3.63, 3.8) is 0 Å². The van der Waals surface area contributed by atoms with Crippen LogP contribution in [-0.4, -0.2) is 38.7 Å². The molecule has 10 nitrogen and oxygen atoms in total. The minimum absolute atomic E-state index is 0.00606. The van der Waals surface area contributed by atoms with Crippen molar-refractivity contribution in [3.05, 3.63) is 97.6 Å². The quantitative estimate of drug-likeness (QED) is 0.161. The number of halogens is 1. The van der Waals surface area contributed by atoms with Crippen molar-refractivity contribution in [1.29, 1.82) is 0 Å². The molecule has 1 heterocycles. The van der Waals surface area contributed by atoms with E-state index in [0.717, 1.165) is 5.56 Å². The monoisotopic (exact) mass is 555 g/mol. The van der Waals surface area contributed by atoms with Gasteiger partial charge in [-0.15, -0.1) is 23.4 Å². The Kier molecular flexibility index (Phi) is 6.89. The second-order valence-electron chi connectivity index (χ2n) is 9.14. The molecule has 1 saturated carbocycles. The molecular weight excluding hydrogens is 534 g/mol. The van der Waals surface area contributed by atoms with E-state index in [1.165, 1.54) is 37.1 Å². The van der Waals surface area contributed by atoms with Gasteiger partial charge in [0.1, 0.15) is 0 Å².